The molecule has 1 aliphatic carbocycles. The van der Waals surface area contributed by atoms with Crippen LogP contribution in [-0.2, 0) is 35.8 Å². The van der Waals surface area contributed by atoms with Crippen LogP contribution in [0.5, 0.6) is 0 Å². The number of nitrogens with zero attached hydrogens (tertiary/aromatic N) is 1. The molecule has 0 aromatic heterocycles. The fourth-order valence-electron chi connectivity index (χ4n) is 7.05. The van der Waals surface area contributed by atoms with E-state index in [9.17, 15) is 31.5 Å². The molecule has 4 N–H and O–H groups in total. The molecule has 14 heteroatoms. The minimum absolute atomic E-state index is 0.0720. The summed E-state index contributed by atoms with van der Waals surface area (Å²) in [5.41, 5.74) is 8.91. The monoisotopic (exact) mass is 809 g/mol. The summed E-state index contributed by atoms with van der Waals surface area (Å²) in [5.74, 6) is 0.209. The van der Waals surface area contributed by atoms with Crippen LogP contribution in [0.1, 0.15) is 87.2 Å². The van der Waals surface area contributed by atoms with Crippen molar-refractivity contribution in [2.45, 2.75) is 102 Å². The van der Waals surface area contributed by atoms with Crippen molar-refractivity contribution in [3.05, 3.63) is 59.2 Å². The third-order valence-electron chi connectivity index (χ3n) is 10.1. The molecule has 11 nitrogen and oxygen atoms in total. The summed E-state index contributed by atoms with van der Waals surface area (Å²) in [6, 6.07) is 11.5. The average molecular weight is 810 g/mol. The van der Waals surface area contributed by atoms with Crippen LogP contribution < -0.4 is 11.1 Å². The molecule has 1 saturated carbocycles. The van der Waals surface area contributed by atoms with Gasteiger partial charge in [0.15, 0.2) is 9.84 Å². The van der Waals surface area contributed by atoms with Crippen LogP contribution in [-0.4, -0.2) is 112 Å². The Hall–Kier alpha value is -2.49. The number of methoxy groups -OCH3 is 1. The summed E-state index contributed by atoms with van der Waals surface area (Å²) >= 11 is 1.96. The molecule has 4 rings (SSSR count). The van der Waals surface area contributed by atoms with E-state index in [0.29, 0.717) is 36.9 Å². The Morgan fingerprint density at radius 1 is 1.04 bits per heavy atom. The SMILES string of the molecule is CC(C)CSC(C)CN.COC[C@@H]1CC(S(=O)(=O)CC2CCCCC2)CN1Cc1ccc(C(=O)NC(CCS(C)(=O)=O)C(=O)O)c(-c2ccccc2C)c1. The van der Waals surface area contributed by atoms with Crippen LogP contribution in [0.25, 0.3) is 11.1 Å². The van der Waals surface area contributed by atoms with E-state index in [4.69, 9.17) is 10.5 Å². The Balaban J connectivity index is 0.000000772. The quantitative estimate of drug-likeness (QED) is 0.172. The van der Waals surface area contributed by atoms with Crippen molar-refractivity contribution in [3.63, 3.8) is 0 Å². The predicted octanol–water partition coefficient (Wildman–Crippen LogP) is 5.59. The van der Waals surface area contributed by atoms with Gasteiger partial charge >= 0.3 is 5.97 Å². The summed E-state index contributed by atoms with van der Waals surface area (Å²) in [5, 5.41) is 12.4. The summed E-state index contributed by atoms with van der Waals surface area (Å²) in [7, 11) is -5.08. The number of likely N-dealkylation sites (tertiary alicyclic amines) is 1. The molecule has 54 heavy (non-hydrogen) atoms. The molecule has 1 heterocycles. The van der Waals surface area contributed by atoms with E-state index < -0.39 is 42.8 Å². The van der Waals surface area contributed by atoms with E-state index in [-0.39, 0.29) is 35.4 Å². The Morgan fingerprint density at radius 2 is 1.72 bits per heavy atom. The van der Waals surface area contributed by atoms with Crippen LogP contribution in [0.2, 0.25) is 0 Å². The van der Waals surface area contributed by atoms with Crippen molar-refractivity contribution in [2.75, 3.05) is 50.3 Å². The molecule has 1 aliphatic heterocycles. The van der Waals surface area contributed by atoms with Crippen LogP contribution in [0.15, 0.2) is 42.5 Å². The van der Waals surface area contributed by atoms with Gasteiger partial charge in [0.05, 0.1) is 23.4 Å². The van der Waals surface area contributed by atoms with E-state index in [0.717, 1.165) is 61.1 Å². The highest BCUT2D eigenvalue weighted by molar-refractivity contribution is 7.99. The first kappa shape index (κ1) is 45.9. The molecule has 4 atom stereocenters. The van der Waals surface area contributed by atoms with Crippen LogP contribution in [0.4, 0.5) is 0 Å². The van der Waals surface area contributed by atoms with Gasteiger partial charge in [-0.1, -0.05) is 70.4 Å². The zero-order valence-electron chi connectivity index (χ0n) is 33.0. The van der Waals surface area contributed by atoms with Gasteiger partial charge in [0.2, 0.25) is 0 Å². The number of carboxylic acid groups (broad SMARTS) is 1. The fraction of sp³-hybridized carbons (Fsp3) is 0.650. The van der Waals surface area contributed by atoms with Gasteiger partial charge < -0.3 is 20.9 Å². The Kier molecular flexibility index (Phi) is 18.5. The molecule has 2 aromatic carbocycles. The first-order chi connectivity index (χ1) is 25.4. The molecule has 304 valence electrons. The molecule has 1 saturated heterocycles. The number of thioether (sulfide) groups is 1. The largest absolute Gasteiger partial charge is 0.480 e. The number of nitrogens with two attached hydrogens (primary N) is 1. The summed E-state index contributed by atoms with van der Waals surface area (Å²) < 4.78 is 55.8. The van der Waals surface area contributed by atoms with Crippen molar-refractivity contribution in [3.8, 4) is 11.1 Å². The molecule has 3 unspecified atom stereocenters. The number of carboxylic acids is 1. The molecule has 1 amide bonds. The number of aliphatic carboxylic acids is 1. The van der Waals surface area contributed by atoms with E-state index in [1.54, 1.807) is 19.2 Å². The molecule has 0 spiro atoms. The van der Waals surface area contributed by atoms with Gasteiger partial charge in [-0.2, -0.15) is 11.8 Å². The maximum atomic E-state index is 13.5. The topological polar surface area (TPSA) is 173 Å². The summed E-state index contributed by atoms with van der Waals surface area (Å²) in [4.78, 5) is 27.5. The van der Waals surface area contributed by atoms with Gasteiger partial charge in [0.1, 0.15) is 15.9 Å². The summed E-state index contributed by atoms with van der Waals surface area (Å²) in [6.45, 7) is 10.6. The van der Waals surface area contributed by atoms with Crippen LogP contribution >= 0.6 is 11.8 Å². The van der Waals surface area contributed by atoms with Crippen molar-refractivity contribution < 1.29 is 36.3 Å². The van der Waals surface area contributed by atoms with Gasteiger partial charge in [-0.3, -0.25) is 9.69 Å². The fourth-order valence-corrected chi connectivity index (χ4v) is 10.8. The Labute approximate surface area is 328 Å². The Bertz CT molecular complexity index is 1730. The lowest BCUT2D eigenvalue weighted by Gasteiger charge is -2.25. The number of aryl methyl sites for hydroxylation is 1. The van der Waals surface area contributed by atoms with E-state index >= 15 is 0 Å². The van der Waals surface area contributed by atoms with E-state index in [1.807, 2.05) is 49.0 Å². The number of hydrogen-bond acceptors (Lipinski definition) is 10. The van der Waals surface area contributed by atoms with Crippen molar-refractivity contribution in [2.24, 2.45) is 17.6 Å². The Morgan fingerprint density at radius 3 is 2.31 bits per heavy atom. The zero-order chi connectivity index (χ0) is 40.1. The number of rotatable bonds is 18. The average Bonchev–Trinajstić information content (AvgIpc) is 3.52. The number of hydrogen-bond donors (Lipinski definition) is 3. The minimum Gasteiger partial charge on any atom is -0.480 e. The van der Waals surface area contributed by atoms with E-state index in [1.165, 1.54) is 12.2 Å². The maximum Gasteiger partial charge on any atom is 0.326 e. The van der Waals surface area contributed by atoms with Gasteiger partial charge in [0, 0.05) is 49.9 Å². The highest BCUT2D eigenvalue weighted by atomic mass is 32.2. The number of ether oxygens (including phenoxy) is 1. The lowest BCUT2D eigenvalue weighted by atomic mass is 9.91. The second-order valence-electron chi connectivity index (χ2n) is 15.5. The minimum atomic E-state index is -3.42. The lowest BCUT2D eigenvalue weighted by molar-refractivity contribution is -0.139. The highest BCUT2D eigenvalue weighted by Gasteiger charge is 2.40. The first-order valence-corrected chi connectivity index (χ1v) is 23.9. The molecule has 2 fully saturated rings. The number of amides is 1. The van der Waals surface area contributed by atoms with Crippen LogP contribution in [0, 0.1) is 18.8 Å². The summed E-state index contributed by atoms with van der Waals surface area (Å²) in [6.07, 6.45) is 6.60. The van der Waals surface area contributed by atoms with Crippen molar-refractivity contribution in [1.29, 1.82) is 0 Å². The first-order valence-electron chi connectivity index (χ1n) is 19.1. The van der Waals surface area contributed by atoms with Crippen molar-refractivity contribution >= 4 is 43.3 Å². The maximum absolute atomic E-state index is 13.5. The second-order valence-corrected chi connectivity index (χ2v) is 21.5. The number of benzene rings is 2. The molecule has 0 radical (unpaired) electrons. The third kappa shape index (κ3) is 14.9. The molecular weight excluding hydrogens is 747 g/mol. The normalized spacial score (nSPS) is 19.6. The van der Waals surface area contributed by atoms with Crippen LogP contribution in [0.3, 0.4) is 0 Å². The zero-order valence-corrected chi connectivity index (χ0v) is 35.4. The highest BCUT2D eigenvalue weighted by Crippen LogP contribution is 2.33. The predicted molar refractivity (Wildman–Crippen MR) is 220 cm³/mol. The van der Waals surface area contributed by atoms with Gasteiger partial charge in [-0.15, -0.1) is 0 Å². The van der Waals surface area contributed by atoms with Gasteiger partial charge in [0.25, 0.3) is 5.91 Å². The standard InChI is InChI=1S/C33H46N2O8S2.C7H17NS/c1-23-9-7-8-12-28(23)30-17-25(13-14-29(30)32(36)34-31(33(37)38)15-16-44(3,39)40)19-35-20-27(18-26(35)21-43-2)45(41,42)22-24-10-5-4-6-11-24;1-6(2)5-9-7(3)4-8/h7-9,12-14,17,24,26-27,31H,4-6,10-11,15-16,18-22H2,1-3H3,(H,34,36)(H,37,38);6-7H,4-5,8H2,1-3H3/t26-,27?,31?;/m0./s1. The van der Waals surface area contributed by atoms with Gasteiger partial charge in [-0.05, 0) is 84.6 Å². The third-order valence-corrected chi connectivity index (χ3v) is 15.0. The lowest BCUT2D eigenvalue weighted by Crippen LogP contribution is -2.42. The number of sulfone groups is 2. The molecular formula is C40H63N3O8S3. The molecule has 0 bridgehead atoms. The smallest absolute Gasteiger partial charge is 0.326 e. The second kappa shape index (κ2) is 21.7. The number of nitrogens with one attached hydrogen (secondary N) is 1. The van der Waals surface area contributed by atoms with E-state index in [2.05, 4.69) is 31.0 Å². The molecule has 2 aliphatic rings. The number of carbonyl (C=O) groups excluding carboxylic acids is 1. The number of carbonyl (C=O) groups is 2. The molecule has 2 aromatic rings. The van der Waals surface area contributed by atoms with Gasteiger partial charge in [-0.25, -0.2) is 21.6 Å². The van der Waals surface area contributed by atoms with Crippen molar-refractivity contribution in [1.82, 2.24) is 10.2 Å².